The lowest BCUT2D eigenvalue weighted by Crippen LogP contribution is -2.38. The predicted octanol–water partition coefficient (Wildman–Crippen LogP) is 2.51. The molecule has 6 heteroatoms. The highest BCUT2D eigenvalue weighted by atomic mass is 32.2. The Bertz CT molecular complexity index is 492. The smallest absolute Gasteiger partial charge is 0.214 e. The number of hydrogen-bond donors (Lipinski definition) is 0. The Morgan fingerprint density at radius 1 is 1.55 bits per heavy atom. The van der Waals surface area contributed by atoms with Gasteiger partial charge in [0.05, 0.1) is 11.9 Å². The molecular formula is C14H23NO3S2. The van der Waals surface area contributed by atoms with Crippen LogP contribution in [0.2, 0.25) is 0 Å². The molecule has 1 fully saturated rings. The molecule has 20 heavy (non-hydrogen) atoms. The van der Waals surface area contributed by atoms with Crippen LogP contribution < -0.4 is 0 Å². The van der Waals surface area contributed by atoms with Crippen molar-refractivity contribution >= 4 is 21.4 Å². The van der Waals surface area contributed by atoms with E-state index >= 15 is 0 Å². The van der Waals surface area contributed by atoms with E-state index in [4.69, 9.17) is 4.74 Å². The molecular weight excluding hydrogens is 294 g/mol. The molecule has 0 radical (unpaired) electrons. The highest BCUT2D eigenvalue weighted by Gasteiger charge is 2.26. The van der Waals surface area contributed by atoms with Crippen LogP contribution in [-0.4, -0.2) is 44.3 Å². The number of sulfonamides is 1. The minimum atomic E-state index is -3.19. The first-order chi connectivity index (χ1) is 9.49. The summed E-state index contributed by atoms with van der Waals surface area (Å²) >= 11 is 1.67. The van der Waals surface area contributed by atoms with Crippen molar-refractivity contribution < 1.29 is 13.2 Å². The second-order valence-electron chi connectivity index (χ2n) is 5.39. The fourth-order valence-electron chi connectivity index (χ4n) is 2.42. The van der Waals surface area contributed by atoms with Crippen molar-refractivity contribution in [1.82, 2.24) is 4.31 Å². The third kappa shape index (κ3) is 4.28. The van der Waals surface area contributed by atoms with Gasteiger partial charge in [0, 0.05) is 24.6 Å². The SMILES string of the molecule is C[C@@H](Cc1cccs1)N(C)S(=O)(=O)CC[C@H]1CCCO1. The average molecular weight is 317 g/mol. The van der Waals surface area contributed by atoms with Gasteiger partial charge in [-0.15, -0.1) is 11.3 Å². The molecule has 0 amide bonds. The summed E-state index contributed by atoms with van der Waals surface area (Å²) in [5.74, 6) is 0.183. The molecule has 114 valence electrons. The Balaban J connectivity index is 1.86. The molecule has 1 aromatic rings. The molecule has 0 spiro atoms. The van der Waals surface area contributed by atoms with Crippen LogP contribution in [0.25, 0.3) is 0 Å². The van der Waals surface area contributed by atoms with Crippen molar-refractivity contribution in [3.05, 3.63) is 22.4 Å². The van der Waals surface area contributed by atoms with Crippen LogP contribution in [0.4, 0.5) is 0 Å². The summed E-state index contributed by atoms with van der Waals surface area (Å²) in [7, 11) is -1.51. The van der Waals surface area contributed by atoms with Gasteiger partial charge in [-0.05, 0) is 44.1 Å². The van der Waals surface area contributed by atoms with Gasteiger partial charge in [-0.25, -0.2) is 12.7 Å². The molecule has 1 aliphatic heterocycles. The monoisotopic (exact) mass is 317 g/mol. The van der Waals surface area contributed by atoms with Gasteiger partial charge in [-0.1, -0.05) is 6.07 Å². The van der Waals surface area contributed by atoms with E-state index in [1.165, 1.54) is 9.18 Å². The van der Waals surface area contributed by atoms with E-state index in [1.807, 2.05) is 24.4 Å². The van der Waals surface area contributed by atoms with Crippen LogP contribution in [0.5, 0.6) is 0 Å². The lowest BCUT2D eigenvalue weighted by atomic mass is 10.2. The van der Waals surface area contributed by atoms with Crippen LogP contribution in [-0.2, 0) is 21.2 Å². The topological polar surface area (TPSA) is 46.6 Å². The van der Waals surface area contributed by atoms with E-state index in [9.17, 15) is 8.42 Å². The van der Waals surface area contributed by atoms with Gasteiger partial charge in [0.1, 0.15) is 0 Å². The second-order valence-corrected chi connectivity index (χ2v) is 8.57. The van der Waals surface area contributed by atoms with Crippen molar-refractivity contribution in [2.24, 2.45) is 0 Å². The molecule has 0 aliphatic carbocycles. The largest absolute Gasteiger partial charge is 0.378 e. The summed E-state index contributed by atoms with van der Waals surface area (Å²) in [5, 5.41) is 2.02. The maximum Gasteiger partial charge on any atom is 0.214 e. The zero-order valence-electron chi connectivity index (χ0n) is 12.1. The molecule has 1 saturated heterocycles. The Morgan fingerprint density at radius 2 is 2.35 bits per heavy atom. The van der Waals surface area contributed by atoms with Crippen molar-refractivity contribution in [3.8, 4) is 0 Å². The average Bonchev–Trinajstić information content (AvgIpc) is 3.08. The Labute approximate surface area is 125 Å². The molecule has 0 unspecified atom stereocenters. The number of ether oxygens (including phenoxy) is 1. The van der Waals surface area contributed by atoms with Gasteiger partial charge in [-0.2, -0.15) is 0 Å². The normalized spacial score (nSPS) is 21.4. The van der Waals surface area contributed by atoms with Gasteiger partial charge in [0.2, 0.25) is 10.0 Å². The van der Waals surface area contributed by atoms with E-state index in [0.29, 0.717) is 6.42 Å². The van der Waals surface area contributed by atoms with E-state index < -0.39 is 10.0 Å². The maximum atomic E-state index is 12.3. The van der Waals surface area contributed by atoms with Crippen molar-refractivity contribution in [2.75, 3.05) is 19.4 Å². The van der Waals surface area contributed by atoms with Gasteiger partial charge < -0.3 is 4.74 Å². The molecule has 1 aliphatic rings. The lowest BCUT2D eigenvalue weighted by molar-refractivity contribution is 0.108. The highest BCUT2D eigenvalue weighted by molar-refractivity contribution is 7.89. The molecule has 0 N–H and O–H groups in total. The van der Waals surface area contributed by atoms with E-state index in [-0.39, 0.29) is 17.9 Å². The first kappa shape index (κ1) is 15.9. The first-order valence-corrected chi connectivity index (χ1v) is 9.57. The minimum absolute atomic E-state index is 0.0110. The Morgan fingerprint density at radius 3 is 2.95 bits per heavy atom. The molecule has 0 saturated carbocycles. The van der Waals surface area contributed by atoms with Crippen molar-refractivity contribution in [3.63, 3.8) is 0 Å². The number of likely N-dealkylation sites (N-methyl/N-ethyl adjacent to an activating group) is 1. The van der Waals surface area contributed by atoms with E-state index in [0.717, 1.165) is 25.9 Å². The number of hydrogen-bond acceptors (Lipinski definition) is 4. The third-order valence-electron chi connectivity index (χ3n) is 3.86. The summed E-state index contributed by atoms with van der Waals surface area (Å²) in [6.07, 6.45) is 3.55. The van der Waals surface area contributed by atoms with Crippen LogP contribution in [0, 0.1) is 0 Å². The highest BCUT2D eigenvalue weighted by Crippen LogP contribution is 2.19. The Kier molecular flexibility index (Phi) is 5.60. The van der Waals surface area contributed by atoms with Crippen LogP contribution in [0.1, 0.15) is 31.1 Å². The standard InChI is InChI=1S/C14H23NO3S2/c1-12(11-14-6-4-9-19-14)15(2)20(16,17)10-7-13-5-3-8-18-13/h4,6,9,12-13H,3,5,7-8,10-11H2,1-2H3/t12-,13+/m0/s1. The fraction of sp³-hybridized carbons (Fsp3) is 0.714. The summed E-state index contributed by atoms with van der Waals surface area (Å²) in [5.41, 5.74) is 0. The van der Waals surface area contributed by atoms with Crippen molar-refractivity contribution in [2.45, 2.75) is 44.8 Å². The minimum Gasteiger partial charge on any atom is -0.378 e. The predicted molar refractivity (Wildman–Crippen MR) is 82.6 cm³/mol. The van der Waals surface area contributed by atoms with E-state index in [2.05, 4.69) is 0 Å². The zero-order valence-corrected chi connectivity index (χ0v) is 13.8. The van der Waals surface area contributed by atoms with Gasteiger partial charge >= 0.3 is 0 Å². The maximum absolute atomic E-state index is 12.3. The van der Waals surface area contributed by atoms with Gasteiger partial charge in [0.25, 0.3) is 0 Å². The molecule has 1 aromatic heterocycles. The molecule has 4 nitrogen and oxygen atoms in total. The van der Waals surface area contributed by atoms with Gasteiger partial charge in [-0.3, -0.25) is 0 Å². The van der Waals surface area contributed by atoms with Crippen LogP contribution >= 0.6 is 11.3 Å². The quantitative estimate of drug-likeness (QED) is 0.776. The van der Waals surface area contributed by atoms with Crippen LogP contribution in [0.15, 0.2) is 17.5 Å². The summed E-state index contributed by atoms with van der Waals surface area (Å²) in [6.45, 7) is 2.73. The summed E-state index contributed by atoms with van der Waals surface area (Å²) in [6, 6.07) is 4.04. The van der Waals surface area contributed by atoms with Crippen molar-refractivity contribution in [1.29, 1.82) is 0 Å². The molecule has 2 rings (SSSR count). The summed E-state index contributed by atoms with van der Waals surface area (Å²) < 4.78 is 31.7. The number of nitrogens with zero attached hydrogens (tertiary/aromatic N) is 1. The molecule has 0 aromatic carbocycles. The fourth-order valence-corrected chi connectivity index (χ4v) is 4.72. The number of rotatable bonds is 7. The molecule has 2 heterocycles. The summed E-state index contributed by atoms with van der Waals surface area (Å²) in [4.78, 5) is 1.22. The van der Waals surface area contributed by atoms with Gasteiger partial charge in [0.15, 0.2) is 0 Å². The first-order valence-electron chi connectivity index (χ1n) is 7.09. The number of thiophene rings is 1. The second kappa shape index (κ2) is 7.02. The Hall–Kier alpha value is -0.430. The molecule has 2 atom stereocenters. The molecule has 0 bridgehead atoms. The zero-order chi connectivity index (χ0) is 14.6. The van der Waals surface area contributed by atoms with Crippen LogP contribution in [0.3, 0.4) is 0 Å². The lowest BCUT2D eigenvalue weighted by Gasteiger charge is -2.24. The third-order valence-corrected chi connectivity index (χ3v) is 6.75. The van der Waals surface area contributed by atoms with E-state index in [1.54, 1.807) is 18.4 Å².